The lowest BCUT2D eigenvalue weighted by Crippen LogP contribution is -2.47. The van der Waals surface area contributed by atoms with E-state index in [4.69, 9.17) is 0 Å². The zero-order valence-corrected chi connectivity index (χ0v) is 13.9. The maximum atomic E-state index is 12.8. The number of halogens is 3. The number of imidazole rings is 1. The van der Waals surface area contributed by atoms with Crippen LogP contribution in [0.15, 0.2) is 12.3 Å². The van der Waals surface area contributed by atoms with E-state index < -0.39 is 11.7 Å². The monoisotopic (exact) mass is 342 g/mol. The minimum Gasteiger partial charge on any atom is -0.396 e. The molecule has 1 aliphatic heterocycles. The van der Waals surface area contributed by atoms with Crippen molar-refractivity contribution in [3.8, 4) is 0 Å². The first-order valence-electron chi connectivity index (χ1n) is 7.89. The lowest BCUT2D eigenvalue weighted by atomic mass is 9.74. The molecule has 1 saturated heterocycles. The van der Waals surface area contributed by atoms with Crippen molar-refractivity contribution in [2.75, 3.05) is 24.6 Å². The third kappa shape index (κ3) is 2.83. The molecule has 8 heteroatoms. The quantitative estimate of drug-likeness (QED) is 0.912. The fourth-order valence-corrected chi connectivity index (χ4v) is 3.22. The molecule has 5 nitrogen and oxygen atoms in total. The number of hydrogen-bond acceptors (Lipinski definition) is 4. The van der Waals surface area contributed by atoms with E-state index in [0.29, 0.717) is 18.1 Å². The first-order chi connectivity index (χ1) is 11.1. The van der Waals surface area contributed by atoms with Crippen molar-refractivity contribution in [2.24, 2.45) is 18.4 Å². The summed E-state index contributed by atoms with van der Waals surface area (Å²) in [4.78, 5) is 10.3. The summed E-state index contributed by atoms with van der Waals surface area (Å²) in [5.74, 6) is 0.676. The van der Waals surface area contributed by atoms with Crippen LogP contribution in [-0.2, 0) is 13.2 Å². The number of hydrogen-bond donors (Lipinski definition) is 1. The van der Waals surface area contributed by atoms with Gasteiger partial charge >= 0.3 is 6.18 Å². The molecule has 0 aromatic carbocycles. The van der Waals surface area contributed by atoms with Gasteiger partial charge in [-0.2, -0.15) is 13.2 Å². The number of aryl methyl sites for hydroxylation is 1. The summed E-state index contributed by atoms with van der Waals surface area (Å²) in [5.41, 5.74) is -0.124. The Balaban J connectivity index is 1.97. The molecule has 0 spiro atoms. The summed E-state index contributed by atoms with van der Waals surface area (Å²) in [6.07, 6.45) is -2.72. The van der Waals surface area contributed by atoms with Gasteiger partial charge < -0.3 is 10.0 Å². The molecule has 1 N–H and O–H groups in total. The van der Waals surface area contributed by atoms with Gasteiger partial charge in [-0.15, -0.1) is 0 Å². The fourth-order valence-electron chi connectivity index (χ4n) is 3.22. The maximum absolute atomic E-state index is 12.8. The van der Waals surface area contributed by atoms with Crippen LogP contribution in [0.4, 0.5) is 19.1 Å². The SMILES string of the molecule is Cn1c(N2CCC(C)(C)C(CO)C2)nc2cc(C(F)(F)F)cnc21. The molecule has 0 radical (unpaired) electrons. The van der Waals surface area contributed by atoms with Gasteiger partial charge in [-0.25, -0.2) is 9.97 Å². The van der Waals surface area contributed by atoms with Crippen LogP contribution in [0.5, 0.6) is 0 Å². The molecule has 2 aromatic heterocycles. The number of rotatable bonds is 2. The van der Waals surface area contributed by atoms with Gasteiger partial charge in [0.15, 0.2) is 5.65 Å². The van der Waals surface area contributed by atoms with E-state index in [1.807, 2.05) is 4.90 Å². The molecule has 1 aliphatic rings. The summed E-state index contributed by atoms with van der Waals surface area (Å²) in [5, 5.41) is 9.64. The number of alkyl halides is 3. The first-order valence-corrected chi connectivity index (χ1v) is 7.89. The van der Waals surface area contributed by atoms with Crippen LogP contribution in [-0.4, -0.2) is 39.3 Å². The Morgan fingerprint density at radius 2 is 2.08 bits per heavy atom. The summed E-state index contributed by atoms with van der Waals surface area (Å²) in [6.45, 7) is 5.68. The van der Waals surface area contributed by atoms with Gasteiger partial charge in [0.25, 0.3) is 0 Å². The molecule has 1 fully saturated rings. The Hall–Kier alpha value is -1.83. The van der Waals surface area contributed by atoms with Crippen LogP contribution in [0.3, 0.4) is 0 Å². The van der Waals surface area contributed by atoms with Crippen LogP contribution in [0.25, 0.3) is 11.2 Å². The van der Waals surface area contributed by atoms with Crippen molar-refractivity contribution in [1.82, 2.24) is 14.5 Å². The van der Waals surface area contributed by atoms with E-state index in [9.17, 15) is 18.3 Å². The zero-order valence-electron chi connectivity index (χ0n) is 13.9. The Kier molecular flexibility index (Phi) is 3.98. The van der Waals surface area contributed by atoms with Gasteiger partial charge in [0.2, 0.25) is 5.95 Å². The topological polar surface area (TPSA) is 54.2 Å². The highest BCUT2D eigenvalue weighted by molar-refractivity contribution is 5.75. The van der Waals surface area contributed by atoms with E-state index in [2.05, 4.69) is 23.8 Å². The largest absolute Gasteiger partial charge is 0.417 e. The fraction of sp³-hybridized carbons (Fsp3) is 0.625. The first kappa shape index (κ1) is 17.0. The molecular formula is C16H21F3N4O. The molecule has 1 unspecified atom stereocenters. The predicted octanol–water partition coefficient (Wildman–Crippen LogP) is 2.83. The summed E-state index contributed by atoms with van der Waals surface area (Å²) in [6, 6.07) is 1.03. The third-order valence-electron chi connectivity index (χ3n) is 5.09. The third-order valence-corrected chi connectivity index (χ3v) is 5.09. The molecule has 132 valence electrons. The van der Waals surface area contributed by atoms with Crippen molar-refractivity contribution >= 4 is 17.1 Å². The number of anilines is 1. The molecule has 0 aliphatic carbocycles. The van der Waals surface area contributed by atoms with Crippen LogP contribution >= 0.6 is 0 Å². The van der Waals surface area contributed by atoms with Crippen LogP contribution in [0.2, 0.25) is 0 Å². The van der Waals surface area contributed by atoms with Crippen LogP contribution in [0.1, 0.15) is 25.8 Å². The second-order valence-electron chi connectivity index (χ2n) is 7.10. The van der Waals surface area contributed by atoms with Crippen molar-refractivity contribution in [2.45, 2.75) is 26.4 Å². The molecular weight excluding hydrogens is 321 g/mol. The molecule has 1 atom stereocenters. The molecule has 24 heavy (non-hydrogen) atoms. The second-order valence-corrected chi connectivity index (χ2v) is 7.10. The number of pyridine rings is 1. The number of nitrogens with zero attached hydrogens (tertiary/aromatic N) is 4. The van der Waals surface area contributed by atoms with Gasteiger partial charge in [-0.05, 0) is 17.9 Å². The molecule has 3 heterocycles. The number of fused-ring (bicyclic) bond motifs is 1. The second kappa shape index (κ2) is 5.61. The number of piperidine rings is 1. The average Bonchev–Trinajstić information content (AvgIpc) is 2.83. The lowest BCUT2D eigenvalue weighted by molar-refractivity contribution is -0.137. The van der Waals surface area contributed by atoms with E-state index in [1.54, 1.807) is 11.6 Å². The number of aliphatic hydroxyl groups is 1. The summed E-state index contributed by atoms with van der Waals surface area (Å²) < 4.78 is 40.3. The van der Waals surface area contributed by atoms with Crippen molar-refractivity contribution < 1.29 is 18.3 Å². The minimum absolute atomic E-state index is 0.0253. The Morgan fingerprint density at radius 1 is 1.38 bits per heavy atom. The lowest BCUT2D eigenvalue weighted by Gasteiger charge is -2.43. The molecule has 0 saturated carbocycles. The number of aliphatic hydroxyl groups excluding tert-OH is 1. The highest BCUT2D eigenvalue weighted by Gasteiger charge is 2.37. The van der Waals surface area contributed by atoms with Crippen LogP contribution in [0, 0.1) is 11.3 Å². The van der Waals surface area contributed by atoms with E-state index in [0.717, 1.165) is 25.2 Å². The Morgan fingerprint density at radius 3 is 2.71 bits per heavy atom. The maximum Gasteiger partial charge on any atom is 0.417 e. The molecule has 2 aromatic rings. The highest BCUT2D eigenvalue weighted by atomic mass is 19.4. The smallest absolute Gasteiger partial charge is 0.396 e. The zero-order chi connectivity index (χ0) is 17.7. The van der Waals surface area contributed by atoms with Crippen molar-refractivity contribution in [3.63, 3.8) is 0 Å². The van der Waals surface area contributed by atoms with Gasteiger partial charge in [0.05, 0.1) is 5.56 Å². The highest BCUT2D eigenvalue weighted by Crippen LogP contribution is 2.37. The standard InChI is InChI=1S/C16H21F3N4O/c1-15(2)4-5-23(8-11(15)9-24)14-21-12-6-10(16(17,18)19)7-20-13(12)22(14)3/h6-7,11,24H,4-5,8-9H2,1-3H3. The van der Waals surface area contributed by atoms with Crippen LogP contribution < -0.4 is 4.90 Å². The van der Waals surface area contributed by atoms with E-state index in [-0.39, 0.29) is 23.5 Å². The van der Waals surface area contributed by atoms with Crippen molar-refractivity contribution in [1.29, 1.82) is 0 Å². The molecule has 3 rings (SSSR count). The van der Waals surface area contributed by atoms with Crippen molar-refractivity contribution in [3.05, 3.63) is 17.8 Å². The Bertz CT molecular complexity index is 754. The number of aromatic nitrogens is 3. The summed E-state index contributed by atoms with van der Waals surface area (Å²) in [7, 11) is 1.75. The van der Waals surface area contributed by atoms with Gasteiger partial charge in [0.1, 0.15) is 5.52 Å². The molecule has 0 amide bonds. The minimum atomic E-state index is -4.43. The molecule has 0 bridgehead atoms. The average molecular weight is 342 g/mol. The van der Waals surface area contributed by atoms with Gasteiger partial charge in [0, 0.05) is 38.9 Å². The van der Waals surface area contributed by atoms with Gasteiger partial charge in [-0.1, -0.05) is 13.8 Å². The van der Waals surface area contributed by atoms with E-state index >= 15 is 0 Å². The predicted molar refractivity (Wildman–Crippen MR) is 84.7 cm³/mol. The van der Waals surface area contributed by atoms with E-state index in [1.165, 1.54) is 0 Å². The van der Waals surface area contributed by atoms with Gasteiger partial charge in [-0.3, -0.25) is 4.57 Å². The summed E-state index contributed by atoms with van der Waals surface area (Å²) >= 11 is 0. The Labute approximate surface area is 138 Å². The normalized spacial score (nSPS) is 21.5.